The van der Waals surface area contributed by atoms with Crippen LogP contribution in [0.4, 0.5) is 5.69 Å². The molecule has 4 nitrogen and oxygen atoms in total. The van der Waals surface area contributed by atoms with E-state index in [0.717, 1.165) is 34.3 Å². The quantitative estimate of drug-likeness (QED) is 0.756. The van der Waals surface area contributed by atoms with Crippen LogP contribution in [0.3, 0.4) is 0 Å². The molecule has 106 valence electrons. The van der Waals surface area contributed by atoms with Crippen LogP contribution < -0.4 is 5.32 Å². The highest BCUT2D eigenvalue weighted by Gasteiger charge is 2.17. The number of carbonyl (C=O) groups excluding carboxylic acids is 1. The first-order chi connectivity index (χ1) is 10.3. The number of H-pyrrole nitrogens is 1. The zero-order chi connectivity index (χ0) is 14.2. The van der Waals surface area contributed by atoms with Crippen LogP contribution in [-0.2, 0) is 12.8 Å². The van der Waals surface area contributed by atoms with Gasteiger partial charge in [0.2, 0.25) is 0 Å². The standard InChI is InChI=1S/C16H15N3OS/c20-16(15-8-10-3-1-2-4-14(10)21-15)18-12-5-6-13-11(7-12)9-17-19-13/h5-9H,1-4H2,(H,17,19)(H,18,20). The van der Waals surface area contributed by atoms with Gasteiger partial charge in [0.1, 0.15) is 0 Å². The van der Waals surface area contributed by atoms with Gasteiger partial charge in [-0.3, -0.25) is 9.89 Å². The Morgan fingerprint density at radius 3 is 3.05 bits per heavy atom. The maximum Gasteiger partial charge on any atom is 0.265 e. The SMILES string of the molecule is O=C(Nc1ccc2[nH]ncc2c1)c1cc2c(s1)CCCC2. The predicted molar refractivity (Wildman–Crippen MR) is 85.0 cm³/mol. The number of carbonyl (C=O) groups is 1. The highest BCUT2D eigenvalue weighted by Crippen LogP contribution is 2.30. The van der Waals surface area contributed by atoms with Crippen LogP contribution in [0.25, 0.3) is 10.9 Å². The summed E-state index contributed by atoms with van der Waals surface area (Å²) < 4.78 is 0. The minimum atomic E-state index is -0.0164. The van der Waals surface area contributed by atoms with E-state index in [1.54, 1.807) is 17.5 Å². The molecule has 2 aromatic heterocycles. The number of rotatable bonds is 2. The number of hydrogen-bond acceptors (Lipinski definition) is 3. The Morgan fingerprint density at radius 1 is 1.24 bits per heavy atom. The van der Waals surface area contributed by atoms with Crippen LogP contribution in [0.5, 0.6) is 0 Å². The third-order valence-corrected chi connectivity index (χ3v) is 5.15. The molecule has 0 saturated heterocycles. The highest BCUT2D eigenvalue weighted by molar-refractivity contribution is 7.14. The van der Waals surface area contributed by atoms with Gasteiger partial charge >= 0.3 is 0 Å². The normalized spacial score (nSPS) is 14.1. The molecule has 0 spiro atoms. The zero-order valence-corrected chi connectivity index (χ0v) is 12.3. The number of nitrogens with zero attached hydrogens (tertiary/aromatic N) is 1. The molecule has 3 aromatic rings. The molecule has 0 radical (unpaired) electrons. The third kappa shape index (κ3) is 2.34. The summed E-state index contributed by atoms with van der Waals surface area (Å²) in [5.41, 5.74) is 3.14. The van der Waals surface area contributed by atoms with Crippen LogP contribution in [0.2, 0.25) is 0 Å². The number of nitrogens with one attached hydrogen (secondary N) is 2. The van der Waals surface area contributed by atoms with Crippen molar-refractivity contribution in [1.82, 2.24) is 10.2 Å². The Hall–Kier alpha value is -2.14. The van der Waals surface area contributed by atoms with Gasteiger partial charge in [-0.2, -0.15) is 5.10 Å². The molecule has 0 saturated carbocycles. The molecule has 0 bridgehead atoms. The van der Waals surface area contributed by atoms with Crippen molar-refractivity contribution in [1.29, 1.82) is 0 Å². The van der Waals surface area contributed by atoms with Gasteiger partial charge in [0.25, 0.3) is 5.91 Å². The van der Waals surface area contributed by atoms with Gasteiger partial charge in [-0.15, -0.1) is 11.3 Å². The number of benzene rings is 1. The molecule has 0 unspecified atom stereocenters. The summed E-state index contributed by atoms with van der Waals surface area (Å²) in [5, 5.41) is 10.9. The molecule has 21 heavy (non-hydrogen) atoms. The number of amides is 1. The molecule has 4 rings (SSSR count). The van der Waals surface area contributed by atoms with Crippen LogP contribution in [0.15, 0.2) is 30.5 Å². The lowest BCUT2D eigenvalue weighted by Crippen LogP contribution is -2.09. The van der Waals surface area contributed by atoms with E-state index in [1.807, 2.05) is 18.2 Å². The van der Waals surface area contributed by atoms with Crippen molar-refractivity contribution in [2.45, 2.75) is 25.7 Å². The van der Waals surface area contributed by atoms with Crippen molar-refractivity contribution in [3.8, 4) is 0 Å². The smallest absolute Gasteiger partial charge is 0.265 e. The van der Waals surface area contributed by atoms with E-state index in [2.05, 4.69) is 21.6 Å². The molecule has 2 N–H and O–H groups in total. The first-order valence-electron chi connectivity index (χ1n) is 7.16. The largest absolute Gasteiger partial charge is 0.321 e. The van der Waals surface area contributed by atoms with Crippen molar-refractivity contribution in [3.63, 3.8) is 0 Å². The maximum absolute atomic E-state index is 12.4. The first-order valence-corrected chi connectivity index (χ1v) is 7.97. The fourth-order valence-corrected chi connectivity index (χ4v) is 3.96. The van der Waals surface area contributed by atoms with Crippen molar-refractivity contribution in [3.05, 3.63) is 45.8 Å². The summed E-state index contributed by atoms with van der Waals surface area (Å²) in [6.07, 6.45) is 6.47. The Balaban J connectivity index is 1.58. The Kier molecular flexibility index (Phi) is 3.00. The summed E-state index contributed by atoms with van der Waals surface area (Å²) >= 11 is 1.64. The Labute approximate surface area is 126 Å². The third-order valence-electron chi connectivity index (χ3n) is 3.92. The van der Waals surface area contributed by atoms with Gasteiger partial charge in [-0.25, -0.2) is 0 Å². The van der Waals surface area contributed by atoms with E-state index in [4.69, 9.17) is 0 Å². The lowest BCUT2D eigenvalue weighted by molar-refractivity contribution is 0.103. The van der Waals surface area contributed by atoms with E-state index in [9.17, 15) is 4.79 Å². The number of thiophene rings is 1. The van der Waals surface area contributed by atoms with Gasteiger partial charge in [-0.05, 0) is 55.5 Å². The second-order valence-electron chi connectivity index (χ2n) is 5.39. The van der Waals surface area contributed by atoms with E-state index < -0.39 is 0 Å². The molecule has 0 fully saturated rings. The van der Waals surface area contributed by atoms with Gasteiger partial charge in [0.05, 0.1) is 16.6 Å². The number of aryl methyl sites for hydroxylation is 2. The van der Waals surface area contributed by atoms with Gasteiger partial charge in [0, 0.05) is 16.0 Å². The van der Waals surface area contributed by atoms with Crippen LogP contribution in [-0.4, -0.2) is 16.1 Å². The highest BCUT2D eigenvalue weighted by atomic mass is 32.1. The van der Waals surface area contributed by atoms with Crippen LogP contribution in [0.1, 0.15) is 33.0 Å². The van der Waals surface area contributed by atoms with Gasteiger partial charge < -0.3 is 5.32 Å². The fraction of sp³-hybridized carbons (Fsp3) is 0.250. The molecule has 1 amide bonds. The average molecular weight is 297 g/mol. The summed E-state index contributed by atoms with van der Waals surface area (Å²) in [5.74, 6) is -0.0164. The van der Waals surface area contributed by atoms with E-state index in [1.165, 1.54) is 23.3 Å². The fourth-order valence-electron chi connectivity index (χ4n) is 2.82. The Bertz CT molecular complexity index is 794. The van der Waals surface area contributed by atoms with E-state index in [-0.39, 0.29) is 5.91 Å². The summed E-state index contributed by atoms with van der Waals surface area (Å²) in [4.78, 5) is 14.6. The van der Waals surface area contributed by atoms with Crippen LogP contribution in [0, 0.1) is 0 Å². The summed E-state index contributed by atoms with van der Waals surface area (Å²) in [7, 11) is 0. The molecular weight excluding hydrogens is 282 g/mol. The Morgan fingerprint density at radius 2 is 2.14 bits per heavy atom. The van der Waals surface area contributed by atoms with Gasteiger partial charge in [-0.1, -0.05) is 0 Å². The number of anilines is 1. The number of fused-ring (bicyclic) bond motifs is 2. The van der Waals surface area contributed by atoms with Gasteiger partial charge in [0.15, 0.2) is 0 Å². The molecule has 1 aromatic carbocycles. The molecular formula is C16H15N3OS. The number of aromatic nitrogens is 2. The molecule has 1 aliphatic carbocycles. The minimum absolute atomic E-state index is 0.0164. The molecule has 0 aliphatic heterocycles. The summed E-state index contributed by atoms with van der Waals surface area (Å²) in [6, 6.07) is 7.82. The maximum atomic E-state index is 12.4. The second kappa shape index (κ2) is 5.00. The van der Waals surface area contributed by atoms with Crippen molar-refractivity contribution in [2.75, 3.05) is 5.32 Å². The van der Waals surface area contributed by atoms with E-state index in [0.29, 0.717) is 0 Å². The first kappa shape index (κ1) is 12.6. The average Bonchev–Trinajstić information content (AvgIpc) is 3.13. The lowest BCUT2D eigenvalue weighted by atomic mass is 9.99. The number of hydrogen-bond donors (Lipinski definition) is 2. The topological polar surface area (TPSA) is 57.8 Å². The van der Waals surface area contributed by atoms with E-state index >= 15 is 0 Å². The van der Waals surface area contributed by atoms with Crippen molar-refractivity contribution < 1.29 is 4.79 Å². The molecule has 0 atom stereocenters. The molecule has 5 heteroatoms. The lowest BCUT2D eigenvalue weighted by Gasteiger charge is -2.08. The van der Waals surface area contributed by atoms with Crippen molar-refractivity contribution in [2.24, 2.45) is 0 Å². The minimum Gasteiger partial charge on any atom is -0.321 e. The van der Waals surface area contributed by atoms with Crippen LogP contribution >= 0.6 is 11.3 Å². The van der Waals surface area contributed by atoms with Crippen molar-refractivity contribution >= 4 is 33.8 Å². The number of aromatic amines is 1. The molecule has 1 aliphatic rings. The zero-order valence-electron chi connectivity index (χ0n) is 11.5. The monoisotopic (exact) mass is 297 g/mol. The molecule has 2 heterocycles. The summed E-state index contributed by atoms with van der Waals surface area (Å²) in [6.45, 7) is 0. The second-order valence-corrected chi connectivity index (χ2v) is 6.53. The predicted octanol–water partition coefficient (Wildman–Crippen LogP) is 3.76.